The molecule has 2 N–H and O–H groups in total. The van der Waals surface area contributed by atoms with Gasteiger partial charge in [-0.1, -0.05) is 22.0 Å². The number of hydrogen-bond donors (Lipinski definition) is 2. The van der Waals surface area contributed by atoms with E-state index in [9.17, 15) is 9.59 Å². The fraction of sp³-hybridized carbons (Fsp3) is 0.333. The number of carbonyl (C=O) groups excluding carboxylic acids is 1. The maximum atomic E-state index is 11.2. The molecular weight excluding hydrogens is 302 g/mol. The molecule has 0 bridgehead atoms. The van der Waals surface area contributed by atoms with E-state index in [1.165, 1.54) is 19.2 Å². The van der Waals surface area contributed by atoms with Gasteiger partial charge in [0.15, 0.2) is 0 Å². The van der Waals surface area contributed by atoms with E-state index in [0.29, 0.717) is 11.0 Å². The van der Waals surface area contributed by atoms with Crippen molar-refractivity contribution < 1.29 is 19.4 Å². The first-order valence-corrected chi connectivity index (χ1v) is 6.08. The number of rotatable bonds is 5. The van der Waals surface area contributed by atoms with E-state index < -0.39 is 12.0 Å². The van der Waals surface area contributed by atoms with Crippen LogP contribution in [0.4, 0.5) is 0 Å². The van der Waals surface area contributed by atoms with E-state index in [0.717, 1.165) is 5.56 Å². The quantitative estimate of drug-likeness (QED) is 0.810. The predicted molar refractivity (Wildman–Crippen MR) is 69.4 cm³/mol. The number of halogens is 1. The van der Waals surface area contributed by atoms with Crippen LogP contribution in [0, 0.1) is 0 Å². The molecule has 0 aliphatic carbocycles. The van der Waals surface area contributed by atoms with Gasteiger partial charge in [0.05, 0.1) is 12.7 Å². The number of carboxylic acids is 1. The average Bonchev–Trinajstić information content (AvgIpc) is 2.35. The van der Waals surface area contributed by atoms with Gasteiger partial charge < -0.3 is 15.2 Å². The molecule has 5 nitrogen and oxygen atoms in total. The lowest BCUT2D eigenvalue weighted by Gasteiger charge is -2.12. The molecule has 18 heavy (non-hydrogen) atoms. The topological polar surface area (TPSA) is 75.6 Å². The molecule has 0 saturated carbocycles. The normalized spacial score (nSPS) is 11.9. The molecule has 0 aliphatic heterocycles. The number of esters is 1. The Kier molecular flexibility index (Phi) is 5.30. The molecule has 0 aromatic heterocycles. The number of nitrogens with one attached hydrogen (secondary N) is 1. The molecule has 0 fully saturated rings. The summed E-state index contributed by atoms with van der Waals surface area (Å²) < 4.78 is 5.28. The monoisotopic (exact) mass is 315 g/mol. The second-order valence-electron chi connectivity index (χ2n) is 3.74. The Morgan fingerprint density at radius 1 is 1.50 bits per heavy atom. The molecule has 0 aliphatic rings. The number of benzene rings is 1. The standard InChI is InChI=1S/C12H14BrNO4/c1-7(12(17)18-2)14-6-9-4-3-8(11(15)16)5-10(9)13/h3-5,7,14H,6H2,1-2H3,(H,15,16). The highest BCUT2D eigenvalue weighted by atomic mass is 79.9. The Morgan fingerprint density at radius 3 is 2.67 bits per heavy atom. The summed E-state index contributed by atoms with van der Waals surface area (Å²) in [5, 5.41) is 11.8. The lowest BCUT2D eigenvalue weighted by Crippen LogP contribution is -2.34. The molecule has 1 unspecified atom stereocenters. The first-order valence-electron chi connectivity index (χ1n) is 5.28. The van der Waals surface area contributed by atoms with Crippen molar-refractivity contribution in [2.24, 2.45) is 0 Å². The van der Waals surface area contributed by atoms with Crippen LogP contribution in [0.2, 0.25) is 0 Å². The highest BCUT2D eigenvalue weighted by Crippen LogP contribution is 2.18. The molecule has 6 heteroatoms. The average molecular weight is 316 g/mol. The number of carbonyl (C=O) groups is 2. The number of aromatic carboxylic acids is 1. The van der Waals surface area contributed by atoms with Crippen LogP contribution in [0.25, 0.3) is 0 Å². The van der Waals surface area contributed by atoms with E-state index in [4.69, 9.17) is 5.11 Å². The summed E-state index contributed by atoms with van der Waals surface area (Å²) in [6.45, 7) is 2.14. The fourth-order valence-electron chi connectivity index (χ4n) is 1.35. The smallest absolute Gasteiger partial charge is 0.335 e. The van der Waals surface area contributed by atoms with Crippen LogP contribution >= 0.6 is 15.9 Å². The van der Waals surface area contributed by atoms with Gasteiger partial charge in [-0.2, -0.15) is 0 Å². The summed E-state index contributed by atoms with van der Waals surface area (Å²) in [5.74, 6) is -1.31. The minimum absolute atomic E-state index is 0.214. The van der Waals surface area contributed by atoms with Gasteiger partial charge in [-0.05, 0) is 24.6 Å². The maximum Gasteiger partial charge on any atom is 0.335 e. The summed E-state index contributed by atoms with van der Waals surface area (Å²) >= 11 is 3.30. The van der Waals surface area contributed by atoms with Gasteiger partial charge in [-0.15, -0.1) is 0 Å². The van der Waals surface area contributed by atoms with E-state index in [-0.39, 0.29) is 11.5 Å². The molecular formula is C12H14BrNO4. The van der Waals surface area contributed by atoms with Gasteiger partial charge in [0.25, 0.3) is 0 Å². The van der Waals surface area contributed by atoms with E-state index >= 15 is 0 Å². The zero-order chi connectivity index (χ0) is 13.7. The van der Waals surface area contributed by atoms with Crippen LogP contribution in [0.1, 0.15) is 22.8 Å². The van der Waals surface area contributed by atoms with Crippen LogP contribution < -0.4 is 5.32 Å². The van der Waals surface area contributed by atoms with Crippen molar-refractivity contribution in [3.8, 4) is 0 Å². The molecule has 1 rings (SSSR count). The Hall–Kier alpha value is -1.40. The van der Waals surface area contributed by atoms with Crippen molar-refractivity contribution in [1.29, 1.82) is 0 Å². The lowest BCUT2D eigenvalue weighted by atomic mass is 10.1. The second-order valence-corrected chi connectivity index (χ2v) is 4.59. The van der Waals surface area contributed by atoms with Gasteiger partial charge in [0, 0.05) is 11.0 Å². The molecule has 0 amide bonds. The SMILES string of the molecule is COC(=O)C(C)NCc1ccc(C(=O)O)cc1Br. The van der Waals surface area contributed by atoms with Crippen LogP contribution in [0.15, 0.2) is 22.7 Å². The van der Waals surface area contributed by atoms with E-state index in [1.807, 2.05) is 0 Å². The zero-order valence-electron chi connectivity index (χ0n) is 10.1. The molecule has 98 valence electrons. The fourth-order valence-corrected chi connectivity index (χ4v) is 1.87. The van der Waals surface area contributed by atoms with Gasteiger partial charge in [-0.3, -0.25) is 4.79 Å². The summed E-state index contributed by atoms with van der Waals surface area (Å²) in [6, 6.07) is 4.33. The minimum Gasteiger partial charge on any atom is -0.478 e. The predicted octanol–water partition coefficient (Wildman–Crippen LogP) is 1.80. The van der Waals surface area contributed by atoms with E-state index in [1.54, 1.807) is 13.0 Å². The van der Waals surface area contributed by atoms with Crippen LogP contribution in [0.5, 0.6) is 0 Å². The van der Waals surface area contributed by atoms with Crippen LogP contribution in [-0.2, 0) is 16.1 Å². The first kappa shape index (κ1) is 14.7. The molecule has 1 aromatic rings. The molecule has 1 aromatic carbocycles. The second kappa shape index (κ2) is 6.51. The Balaban J connectivity index is 2.69. The molecule has 0 radical (unpaired) electrons. The van der Waals surface area contributed by atoms with Crippen LogP contribution in [-0.4, -0.2) is 30.2 Å². The largest absolute Gasteiger partial charge is 0.478 e. The lowest BCUT2D eigenvalue weighted by molar-refractivity contribution is -0.142. The third-order valence-electron chi connectivity index (χ3n) is 2.45. The maximum absolute atomic E-state index is 11.2. The van der Waals surface area contributed by atoms with Crippen molar-refractivity contribution in [1.82, 2.24) is 5.32 Å². The number of hydrogen-bond acceptors (Lipinski definition) is 4. The first-order chi connectivity index (χ1) is 8.45. The minimum atomic E-state index is -0.974. The molecule has 1 atom stereocenters. The Bertz CT molecular complexity index is 461. The summed E-state index contributed by atoms with van der Waals surface area (Å²) in [5.41, 5.74) is 1.09. The van der Waals surface area contributed by atoms with Crippen molar-refractivity contribution in [2.75, 3.05) is 7.11 Å². The van der Waals surface area contributed by atoms with Gasteiger partial charge >= 0.3 is 11.9 Å². The Morgan fingerprint density at radius 2 is 2.17 bits per heavy atom. The van der Waals surface area contributed by atoms with Crippen molar-refractivity contribution in [3.05, 3.63) is 33.8 Å². The summed E-state index contributed by atoms with van der Waals surface area (Å²) in [4.78, 5) is 21.9. The third kappa shape index (κ3) is 3.82. The number of methoxy groups -OCH3 is 1. The highest BCUT2D eigenvalue weighted by Gasteiger charge is 2.13. The molecule has 0 saturated heterocycles. The van der Waals surface area contributed by atoms with Gasteiger partial charge in [0.1, 0.15) is 6.04 Å². The number of carboxylic acid groups (broad SMARTS) is 1. The molecule has 0 heterocycles. The van der Waals surface area contributed by atoms with Gasteiger partial charge in [0.2, 0.25) is 0 Å². The summed E-state index contributed by atoms with van der Waals surface area (Å²) in [7, 11) is 1.33. The van der Waals surface area contributed by atoms with Crippen LogP contribution in [0.3, 0.4) is 0 Å². The zero-order valence-corrected chi connectivity index (χ0v) is 11.7. The summed E-state index contributed by atoms with van der Waals surface area (Å²) in [6.07, 6.45) is 0. The van der Waals surface area contributed by atoms with Gasteiger partial charge in [-0.25, -0.2) is 4.79 Å². The molecule has 0 spiro atoms. The van der Waals surface area contributed by atoms with E-state index in [2.05, 4.69) is 26.0 Å². The third-order valence-corrected chi connectivity index (χ3v) is 3.19. The number of ether oxygens (including phenoxy) is 1. The van der Waals surface area contributed by atoms with Crippen molar-refractivity contribution in [3.63, 3.8) is 0 Å². The van der Waals surface area contributed by atoms with Crippen molar-refractivity contribution in [2.45, 2.75) is 19.5 Å². The van der Waals surface area contributed by atoms with Crippen molar-refractivity contribution >= 4 is 27.9 Å². The highest BCUT2D eigenvalue weighted by molar-refractivity contribution is 9.10. The Labute approximate surface area is 113 Å².